The molecule has 0 aromatic heterocycles. The topological polar surface area (TPSA) is 27.6 Å². The third kappa shape index (κ3) is 5.64. The first-order valence-electron chi connectivity index (χ1n) is 10.7. The summed E-state index contributed by atoms with van der Waals surface area (Å²) in [5, 5.41) is 3.11. The average Bonchev–Trinajstić information content (AvgIpc) is 2.72. The summed E-state index contributed by atoms with van der Waals surface area (Å²) in [5.41, 5.74) is 2.72. The Kier molecular flexibility index (Phi) is 7.36. The summed E-state index contributed by atoms with van der Waals surface area (Å²) in [6, 6.07) is 10.3. The molecular formula is C24H29F4N3. The largest absolute Gasteiger partial charge is 0.485 e. The molecule has 0 aliphatic carbocycles. The summed E-state index contributed by atoms with van der Waals surface area (Å²) in [6.45, 7) is 6.89. The fraction of sp³-hybridized carbons (Fsp3) is 0.458. The molecule has 1 unspecified atom stereocenters. The molecule has 1 aliphatic rings. The highest BCUT2D eigenvalue weighted by molar-refractivity contribution is 6.14. The van der Waals surface area contributed by atoms with Crippen molar-refractivity contribution in [3.8, 4) is 0 Å². The first-order valence-corrected chi connectivity index (χ1v) is 10.7. The van der Waals surface area contributed by atoms with Gasteiger partial charge in [0.2, 0.25) is 0 Å². The number of benzene rings is 2. The summed E-state index contributed by atoms with van der Waals surface area (Å²) in [7, 11) is 0. The van der Waals surface area contributed by atoms with Crippen molar-refractivity contribution in [2.24, 2.45) is 4.99 Å². The number of nitrogens with one attached hydrogen (secondary N) is 1. The molecule has 1 fully saturated rings. The number of alkyl halides is 3. The average molecular weight is 436 g/mol. The standard InChI is InChI=1S/C24H29F4N3/c1-4-17(3)30-23(18-6-5-7-19(25)15-18)22-9-8-21(14-16(22)2)31(24(26,27)28)20-10-12-29-13-11-20/h5-9,14-15,17,20,29H,4,10-13H2,1-3H3. The molecule has 31 heavy (non-hydrogen) atoms. The van der Waals surface area contributed by atoms with E-state index in [1.165, 1.54) is 18.2 Å². The Balaban J connectivity index is 2.04. The molecule has 0 bridgehead atoms. The van der Waals surface area contributed by atoms with Crippen molar-refractivity contribution >= 4 is 11.4 Å². The van der Waals surface area contributed by atoms with Gasteiger partial charge in [-0.15, -0.1) is 0 Å². The number of anilines is 1. The van der Waals surface area contributed by atoms with Gasteiger partial charge in [0.25, 0.3) is 0 Å². The van der Waals surface area contributed by atoms with E-state index in [1.54, 1.807) is 31.2 Å². The predicted molar refractivity (Wildman–Crippen MR) is 117 cm³/mol. The first-order chi connectivity index (χ1) is 14.7. The number of halogens is 4. The van der Waals surface area contributed by atoms with Crippen LogP contribution in [-0.2, 0) is 0 Å². The van der Waals surface area contributed by atoms with Crippen molar-refractivity contribution in [3.05, 3.63) is 65.0 Å². The lowest BCUT2D eigenvalue weighted by Crippen LogP contribution is -2.50. The second-order valence-corrected chi connectivity index (χ2v) is 8.06. The van der Waals surface area contributed by atoms with Crippen molar-refractivity contribution in [3.63, 3.8) is 0 Å². The molecule has 3 nitrogen and oxygen atoms in total. The number of rotatable bonds is 6. The summed E-state index contributed by atoms with van der Waals surface area (Å²) >= 11 is 0. The number of nitrogens with zero attached hydrogens (tertiary/aromatic N) is 2. The molecule has 3 rings (SSSR count). The first kappa shape index (κ1) is 23.3. The lowest BCUT2D eigenvalue weighted by Gasteiger charge is -2.37. The minimum atomic E-state index is -4.47. The number of piperidine rings is 1. The number of hydrogen-bond acceptors (Lipinski definition) is 3. The van der Waals surface area contributed by atoms with Gasteiger partial charge < -0.3 is 5.32 Å². The predicted octanol–water partition coefficient (Wildman–Crippen LogP) is 5.85. The second-order valence-electron chi connectivity index (χ2n) is 8.06. The quantitative estimate of drug-likeness (QED) is 0.350. The van der Waals surface area contributed by atoms with Crippen LogP contribution in [0.4, 0.5) is 23.2 Å². The van der Waals surface area contributed by atoms with Gasteiger partial charge in [-0.25, -0.2) is 4.39 Å². The van der Waals surface area contributed by atoms with Crippen LogP contribution in [0.1, 0.15) is 49.8 Å². The molecule has 7 heteroatoms. The van der Waals surface area contributed by atoms with Crippen LogP contribution in [0.15, 0.2) is 47.5 Å². The van der Waals surface area contributed by atoms with E-state index in [4.69, 9.17) is 4.99 Å². The molecule has 0 amide bonds. The molecule has 0 spiro atoms. The van der Waals surface area contributed by atoms with Gasteiger partial charge in [-0.1, -0.05) is 25.1 Å². The van der Waals surface area contributed by atoms with Crippen molar-refractivity contribution in [1.29, 1.82) is 0 Å². The highest BCUT2D eigenvalue weighted by atomic mass is 19.4. The van der Waals surface area contributed by atoms with Crippen LogP contribution in [0, 0.1) is 12.7 Å². The summed E-state index contributed by atoms with van der Waals surface area (Å²) in [4.78, 5) is 5.34. The van der Waals surface area contributed by atoms with Gasteiger partial charge in [0.1, 0.15) is 5.82 Å². The van der Waals surface area contributed by atoms with Gasteiger partial charge in [0.05, 0.1) is 5.71 Å². The van der Waals surface area contributed by atoms with Crippen LogP contribution in [0.2, 0.25) is 0 Å². The zero-order valence-electron chi connectivity index (χ0n) is 18.1. The van der Waals surface area contributed by atoms with E-state index >= 15 is 0 Å². The fourth-order valence-corrected chi connectivity index (χ4v) is 3.94. The van der Waals surface area contributed by atoms with E-state index in [2.05, 4.69) is 5.32 Å². The maximum Gasteiger partial charge on any atom is 0.485 e. The molecule has 1 saturated heterocycles. The Morgan fingerprint density at radius 3 is 2.45 bits per heavy atom. The zero-order chi connectivity index (χ0) is 22.6. The molecule has 0 radical (unpaired) electrons. The minimum Gasteiger partial charge on any atom is -0.317 e. The summed E-state index contributed by atoms with van der Waals surface area (Å²) in [6.07, 6.45) is -2.80. The highest BCUT2D eigenvalue weighted by Gasteiger charge is 2.42. The van der Waals surface area contributed by atoms with Crippen molar-refractivity contribution in [1.82, 2.24) is 5.32 Å². The van der Waals surface area contributed by atoms with E-state index < -0.39 is 12.3 Å². The third-order valence-electron chi connectivity index (χ3n) is 5.73. The zero-order valence-corrected chi connectivity index (χ0v) is 18.1. The molecule has 1 aliphatic heterocycles. The number of aryl methyl sites for hydroxylation is 1. The van der Waals surface area contributed by atoms with Crippen LogP contribution >= 0.6 is 0 Å². The Bertz CT molecular complexity index is 917. The van der Waals surface area contributed by atoms with Gasteiger partial charge in [-0.3, -0.25) is 9.89 Å². The van der Waals surface area contributed by atoms with E-state index in [1.807, 2.05) is 13.8 Å². The van der Waals surface area contributed by atoms with Gasteiger partial charge in [0.15, 0.2) is 0 Å². The second kappa shape index (κ2) is 9.81. The Hall–Kier alpha value is -2.41. The van der Waals surface area contributed by atoms with Crippen LogP contribution in [0.5, 0.6) is 0 Å². The van der Waals surface area contributed by atoms with Gasteiger partial charge in [0, 0.05) is 28.9 Å². The van der Waals surface area contributed by atoms with Crippen molar-refractivity contribution < 1.29 is 17.6 Å². The van der Waals surface area contributed by atoms with E-state index in [-0.39, 0.29) is 17.5 Å². The Morgan fingerprint density at radius 2 is 1.87 bits per heavy atom. The van der Waals surface area contributed by atoms with Crippen LogP contribution in [0.3, 0.4) is 0 Å². The Labute approximate surface area is 181 Å². The smallest absolute Gasteiger partial charge is 0.317 e. The SMILES string of the molecule is CCC(C)N=C(c1cccc(F)c1)c1ccc(N(C2CCNCC2)C(F)(F)F)cc1C. The van der Waals surface area contributed by atoms with E-state index in [0.29, 0.717) is 53.2 Å². The maximum atomic E-state index is 13.9. The highest BCUT2D eigenvalue weighted by Crippen LogP contribution is 2.35. The molecule has 1 N–H and O–H groups in total. The molecule has 1 heterocycles. The van der Waals surface area contributed by atoms with E-state index in [9.17, 15) is 17.6 Å². The van der Waals surface area contributed by atoms with Crippen molar-refractivity contribution in [2.45, 2.75) is 58.4 Å². The monoisotopic (exact) mass is 435 g/mol. The minimum absolute atomic E-state index is 0.00115. The molecule has 2 aromatic rings. The molecule has 2 aromatic carbocycles. The van der Waals surface area contributed by atoms with Gasteiger partial charge in [-0.2, -0.15) is 13.2 Å². The van der Waals surface area contributed by atoms with Crippen LogP contribution in [0.25, 0.3) is 0 Å². The van der Waals surface area contributed by atoms with Crippen LogP contribution < -0.4 is 10.2 Å². The number of hydrogen-bond donors (Lipinski definition) is 1. The van der Waals surface area contributed by atoms with E-state index in [0.717, 1.165) is 6.42 Å². The molecule has 1 atom stereocenters. The van der Waals surface area contributed by atoms with Gasteiger partial charge >= 0.3 is 6.30 Å². The fourth-order valence-electron chi connectivity index (χ4n) is 3.94. The lowest BCUT2D eigenvalue weighted by molar-refractivity contribution is -0.136. The molecular weight excluding hydrogens is 406 g/mol. The lowest BCUT2D eigenvalue weighted by atomic mass is 9.96. The van der Waals surface area contributed by atoms with Crippen molar-refractivity contribution in [2.75, 3.05) is 18.0 Å². The van der Waals surface area contributed by atoms with Gasteiger partial charge in [-0.05, 0) is 76.0 Å². The Morgan fingerprint density at radius 1 is 1.16 bits per heavy atom. The molecule has 0 saturated carbocycles. The van der Waals surface area contributed by atoms with Crippen LogP contribution in [-0.4, -0.2) is 37.2 Å². The maximum absolute atomic E-state index is 13.9. The normalized spacial score (nSPS) is 16.9. The summed E-state index contributed by atoms with van der Waals surface area (Å²) in [5.74, 6) is -0.377. The molecule has 168 valence electrons. The number of aliphatic imine (C=N–C) groups is 1. The summed E-state index contributed by atoms with van der Waals surface area (Å²) < 4.78 is 55.7. The third-order valence-corrected chi connectivity index (χ3v) is 5.73.